The number of fused-ring (bicyclic) bond motifs is 3. The minimum atomic E-state index is -0.329. The lowest BCUT2D eigenvalue weighted by atomic mass is 10.1. The molecular formula is C17H13ClFN5. The van der Waals surface area contributed by atoms with E-state index in [1.54, 1.807) is 12.4 Å². The van der Waals surface area contributed by atoms with Gasteiger partial charge in [-0.2, -0.15) is 0 Å². The number of pyridine rings is 1. The summed E-state index contributed by atoms with van der Waals surface area (Å²) >= 11 is 6.34. The Bertz CT molecular complexity index is 1100. The second kappa shape index (κ2) is 5.21. The number of nitrogens with zero attached hydrogens (tertiary/aromatic N) is 5. The number of aromatic nitrogens is 5. The van der Waals surface area contributed by atoms with Gasteiger partial charge in [0.2, 0.25) is 0 Å². The van der Waals surface area contributed by atoms with Crippen LogP contribution in [-0.2, 0) is 0 Å². The average Bonchev–Trinajstić information content (AvgIpc) is 2.94. The molecule has 0 spiro atoms. The summed E-state index contributed by atoms with van der Waals surface area (Å²) in [4.78, 5) is 8.64. The molecule has 0 fully saturated rings. The molecule has 0 saturated heterocycles. The van der Waals surface area contributed by atoms with Crippen LogP contribution >= 0.6 is 11.6 Å². The van der Waals surface area contributed by atoms with Crippen molar-refractivity contribution in [3.05, 3.63) is 52.2 Å². The molecule has 0 bridgehead atoms. The first kappa shape index (κ1) is 15.0. The summed E-state index contributed by atoms with van der Waals surface area (Å²) in [7, 11) is 0. The topological polar surface area (TPSA) is 56.0 Å². The van der Waals surface area contributed by atoms with Crippen molar-refractivity contribution in [2.75, 3.05) is 0 Å². The van der Waals surface area contributed by atoms with E-state index in [0.717, 1.165) is 22.4 Å². The molecule has 1 aromatic carbocycles. The Hall–Kier alpha value is -2.60. The molecule has 4 rings (SSSR count). The standard InChI is InChI=1S/C17H13ClFN5/c1-8-4-11(19)5-13-15(8)21-10(3)16-22-23-17(24(13)16)14-9(2)6-20-7-12(14)18/h4-7H,1-3H3. The van der Waals surface area contributed by atoms with Crippen LogP contribution in [0, 0.1) is 26.6 Å². The third-order valence-corrected chi connectivity index (χ3v) is 4.35. The zero-order valence-electron chi connectivity index (χ0n) is 13.3. The van der Waals surface area contributed by atoms with Crippen molar-refractivity contribution in [3.63, 3.8) is 0 Å². The van der Waals surface area contributed by atoms with Crippen molar-refractivity contribution in [3.8, 4) is 11.4 Å². The van der Waals surface area contributed by atoms with Crippen LogP contribution in [-0.4, -0.2) is 24.6 Å². The van der Waals surface area contributed by atoms with E-state index in [1.165, 1.54) is 12.1 Å². The molecule has 0 aliphatic carbocycles. The first-order chi connectivity index (χ1) is 11.5. The van der Waals surface area contributed by atoms with Crippen LogP contribution in [0.3, 0.4) is 0 Å². The van der Waals surface area contributed by atoms with Crippen LogP contribution in [0.5, 0.6) is 0 Å². The Balaban J connectivity index is 2.23. The normalized spacial score (nSPS) is 11.5. The van der Waals surface area contributed by atoms with E-state index >= 15 is 0 Å². The molecule has 0 saturated carbocycles. The molecular weight excluding hydrogens is 329 g/mol. The van der Waals surface area contributed by atoms with Crippen LogP contribution in [0.25, 0.3) is 28.1 Å². The predicted molar refractivity (Wildman–Crippen MR) is 90.7 cm³/mol. The van der Waals surface area contributed by atoms with Crippen molar-refractivity contribution < 1.29 is 4.39 Å². The van der Waals surface area contributed by atoms with Crippen LogP contribution in [0.15, 0.2) is 24.5 Å². The zero-order chi connectivity index (χ0) is 17.0. The van der Waals surface area contributed by atoms with Gasteiger partial charge in [-0.3, -0.25) is 9.38 Å². The highest BCUT2D eigenvalue weighted by atomic mass is 35.5. The number of aryl methyl sites for hydroxylation is 3. The SMILES string of the molecule is Cc1cncc(Cl)c1-c1nnc2c(C)nc3c(C)cc(F)cc3n12. The summed E-state index contributed by atoms with van der Waals surface area (Å²) in [6, 6.07) is 2.91. The maximum absolute atomic E-state index is 14.0. The fraction of sp³-hybridized carbons (Fsp3) is 0.176. The second-order valence-corrected chi connectivity index (χ2v) is 6.19. The summed E-state index contributed by atoms with van der Waals surface area (Å²) in [5, 5.41) is 9.00. The van der Waals surface area contributed by atoms with Gasteiger partial charge in [0.1, 0.15) is 5.82 Å². The smallest absolute Gasteiger partial charge is 0.183 e. The summed E-state index contributed by atoms with van der Waals surface area (Å²) in [6.07, 6.45) is 3.28. The van der Waals surface area contributed by atoms with Gasteiger partial charge in [-0.05, 0) is 38.0 Å². The van der Waals surface area contributed by atoms with Crippen molar-refractivity contribution in [2.45, 2.75) is 20.8 Å². The lowest BCUT2D eigenvalue weighted by molar-refractivity contribution is 0.628. The zero-order valence-corrected chi connectivity index (χ0v) is 14.1. The van der Waals surface area contributed by atoms with Gasteiger partial charge in [-0.1, -0.05) is 11.6 Å². The molecule has 5 nitrogen and oxygen atoms in total. The van der Waals surface area contributed by atoms with Gasteiger partial charge in [0.05, 0.1) is 21.7 Å². The number of hydrogen-bond acceptors (Lipinski definition) is 4. The first-order valence-electron chi connectivity index (χ1n) is 7.39. The van der Waals surface area contributed by atoms with Crippen LogP contribution < -0.4 is 0 Å². The summed E-state index contributed by atoms with van der Waals surface area (Å²) < 4.78 is 15.8. The van der Waals surface area contributed by atoms with Crippen molar-refractivity contribution in [2.24, 2.45) is 0 Å². The highest BCUT2D eigenvalue weighted by Gasteiger charge is 2.19. The van der Waals surface area contributed by atoms with Crippen molar-refractivity contribution >= 4 is 28.3 Å². The third-order valence-electron chi connectivity index (χ3n) is 4.07. The van der Waals surface area contributed by atoms with Gasteiger partial charge in [0.15, 0.2) is 11.5 Å². The summed E-state index contributed by atoms with van der Waals surface area (Å²) in [6.45, 7) is 5.59. The number of hydrogen-bond donors (Lipinski definition) is 0. The van der Waals surface area contributed by atoms with Crippen LogP contribution in [0.4, 0.5) is 4.39 Å². The molecule has 0 radical (unpaired) electrons. The summed E-state index contributed by atoms with van der Waals surface area (Å²) in [5.74, 6) is 0.222. The van der Waals surface area contributed by atoms with Crippen molar-refractivity contribution in [1.29, 1.82) is 0 Å². The molecule has 0 unspecified atom stereocenters. The quantitative estimate of drug-likeness (QED) is 0.524. The molecule has 7 heteroatoms. The monoisotopic (exact) mass is 341 g/mol. The number of benzene rings is 1. The van der Waals surface area contributed by atoms with Crippen LogP contribution in [0.2, 0.25) is 5.02 Å². The minimum Gasteiger partial charge on any atom is -0.272 e. The largest absolute Gasteiger partial charge is 0.272 e. The van der Waals surface area contributed by atoms with E-state index < -0.39 is 0 Å². The van der Waals surface area contributed by atoms with Crippen LogP contribution in [0.1, 0.15) is 16.8 Å². The lowest BCUT2D eigenvalue weighted by Crippen LogP contribution is -2.01. The number of halogens is 2. The highest BCUT2D eigenvalue weighted by molar-refractivity contribution is 6.33. The highest BCUT2D eigenvalue weighted by Crippen LogP contribution is 2.32. The van der Waals surface area contributed by atoms with Gasteiger partial charge in [0.25, 0.3) is 0 Å². The molecule has 0 atom stereocenters. The summed E-state index contributed by atoms with van der Waals surface area (Å²) in [5.41, 5.74) is 4.98. The first-order valence-corrected chi connectivity index (χ1v) is 7.77. The Kier molecular flexibility index (Phi) is 3.25. The van der Waals surface area contributed by atoms with Gasteiger partial charge in [-0.15, -0.1) is 10.2 Å². The molecule has 3 heterocycles. The van der Waals surface area contributed by atoms with Gasteiger partial charge in [0, 0.05) is 24.0 Å². The molecule has 0 aliphatic rings. The Morgan fingerprint density at radius 3 is 2.58 bits per heavy atom. The van der Waals surface area contributed by atoms with Gasteiger partial charge >= 0.3 is 0 Å². The van der Waals surface area contributed by atoms with E-state index in [9.17, 15) is 4.39 Å². The Morgan fingerprint density at radius 1 is 1.04 bits per heavy atom. The fourth-order valence-corrected chi connectivity index (χ4v) is 3.27. The fourth-order valence-electron chi connectivity index (χ4n) is 2.98. The molecule has 24 heavy (non-hydrogen) atoms. The van der Waals surface area contributed by atoms with E-state index in [-0.39, 0.29) is 5.82 Å². The molecule has 4 aromatic rings. The molecule has 0 aliphatic heterocycles. The molecule has 120 valence electrons. The van der Waals surface area contributed by atoms with Crippen molar-refractivity contribution in [1.82, 2.24) is 24.6 Å². The third kappa shape index (κ3) is 2.06. The van der Waals surface area contributed by atoms with E-state index in [2.05, 4.69) is 20.2 Å². The molecule has 3 aromatic heterocycles. The molecule has 0 amide bonds. The maximum atomic E-state index is 14.0. The van der Waals surface area contributed by atoms with Gasteiger partial charge in [-0.25, -0.2) is 9.37 Å². The van der Waals surface area contributed by atoms with Gasteiger partial charge < -0.3 is 0 Å². The minimum absolute atomic E-state index is 0.329. The predicted octanol–water partition coefficient (Wildman–Crippen LogP) is 4.06. The van der Waals surface area contributed by atoms with E-state index in [1.807, 2.05) is 25.2 Å². The van der Waals surface area contributed by atoms with E-state index in [0.29, 0.717) is 27.5 Å². The Morgan fingerprint density at radius 2 is 1.83 bits per heavy atom. The second-order valence-electron chi connectivity index (χ2n) is 5.78. The Labute approximate surface area is 142 Å². The average molecular weight is 342 g/mol. The molecule has 0 N–H and O–H groups in total. The van der Waals surface area contributed by atoms with E-state index in [4.69, 9.17) is 11.6 Å². The maximum Gasteiger partial charge on any atom is 0.183 e. The number of rotatable bonds is 1. The lowest BCUT2D eigenvalue weighted by Gasteiger charge is -2.10.